The summed E-state index contributed by atoms with van der Waals surface area (Å²) in [5.74, 6) is 0.999. The van der Waals surface area contributed by atoms with Crippen LogP contribution >= 0.6 is 24.8 Å². The zero-order valence-corrected chi connectivity index (χ0v) is 16.2. The van der Waals surface area contributed by atoms with Crippen molar-refractivity contribution in [1.82, 2.24) is 15.5 Å². The van der Waals surface area contributed by atoms with Gasteiger partial charge in [-0.1, -0.05) is 12.8 Å². The summed E-state index contributed by atoms with van der Waals surface area (Å²) in [6.07, 6.45) is 7.92. The molecule has 2 aliphatic heterocycles. The number of hydrogen-bond donors (Lipinski definition) is 2. The van der Waals surface area contributed by atoms with Crippen molar-refractivity contribution in [2.75, 3.05) is 45.9 Å². The highest BCUT2D eigenvalue weighted by Crippen LogP contribution is 2.38. The van der Waals surface area contributed by atoms with Crippen molar-refractivity contribution >= 4 is 30.7 Å². The first kappa shape index (κ1) is 22.0. The van der Waals surface area contributed by atoms with Gasteiger partial charge in [0.25, 0.3) is 0 Å². The number of halogens is 2. The summed E-state index contributed by atoms with van der Waals surface area (Å²) in [6, 6.07) is 0. The number of ether oxygens (including phenoxy) is 1. The molecule has 1 aliphatic carbocycles. The predicted molar refractivity (Wildman–Crippen MR) is 101 cm³/mol. The van der Waals surface area contributed by atoms with Gasteiger partial charge in [0.2, 0.25) is 5.91 Å². The summed E-state index contributed by atoms with van der Waals surface area (Å²) in [6.45, 7) is 6.70. The van der Waals surface area contributed by atoms with Crippen LogP contribution in [0.5, 0.6) is 0 Å². The molecule has 5 nitrogen and oxygen atoms in total. The average molecular weight is 382 g/mol. The van der Waals surface area contributed by atoms with E-state index < -0.39 is 0 Å². The maximum atomic E-state index is 12.4. The molecule has 142 valence electrons. The summed E-state index contributed by atoms with van der Waals surface area (Å²) >= 11 is 0. The summed E-state index contributed by atoms with van der Waals surface area (Å²) < 4.78 is 5.48. The topological polar surface area (TPSA) is 53.6 Å². The van der Waals surface area contributed by atoms with Gasteiger partial charge in [-0.05, 0) is 44.7 Å². The molecule has 7 heteroatoms. The molecule has 0 bridgehead atoms. The lowest BCUT2D eigenvalue weighted by Crippen LogP contribution is -2.54. The first-order valence-electron chi connectivity index (χ1n) is 9.09. The Hall–Kier alpha value is -0.0700. The Morgan fingerprint density at radius 2 is 1.92 bits per heavy atom. The van der Waals surface area contributed by atoms with E-state index in [4.69, 9.17) is 4.74 Å². The molecule has 1 amide bonds. The number of carbonyl (C=O) groups is 1. The minimum Gasteiger partial charge on any atom is -0.379 e. The van der Waals surface area contributed by atoms with E-state index >= 15 is 0 Å². The van der Waals surface area contributed by atoms with Crippen molar-refractivity contribution in [1.29, 1.82) is 0 Å². The van der Waals surface area contributed by atoms with Crippen LogP contribution in [-0.4, -0.2) is 62.3 Å². The number of nitrogens with one attached hydrogen (secondary N) is 2. The molecule has 1 saturated carbocycles. The van der Waals surface area contributed by atoms with Crippen LogP contribution in [0.4, 0.5) is 0 Å². The summed E-state index contributed by atoms with van der Waals surface area (Å²) in [5.41, 5.74) is 0.114. The summed E-state index contributed by atoms with van der Waals surface area (Å²) in [7, 11) is 0. The van der Waals surface area contributed by atoms with E-state index in [1.165, 1.54) is 32.1 Å². The Morgan fingerprint density at radius 1 is 1.21 bits per heavy atom. The van der Waals surface area contributed by atoms with Gasteiger partial charge >= 0.3 is 0 Å². The fourth-order valence-electron chi connectivity index (χ4n) is 4.41. The molecule has 0 radical (unpaired) electrons. The van der Waals surface area contributed by atoms with Crippen LogP contribution in [0.25, 0.3) is 0 Å². The molecule has 1 atom stereocenters. The highest BCUT2D eigenvalue weighted by molar-refractivity contribution is 5.85. The molecule has 2 N–H and O–H groups in total. The Morgan fingerprint density at radius 3 is 2.54 bits per heavy atom. The second-order valence-corrected chi connectivity index (χ2v) is 7.21. The van der Waals surface area contributed by atoms with Crippen LogP contribution in [0.15, 0.2) is 0 Å². The molecule has 0 aromatic heterocycles. The molecule has 3 aliphatic rings. The van der Waals surface area contributed by atoms with Gasteiger partial charge < -0.3 is 15.4 Å². The normalized spacial score (nSPS) is 26.4. The van der Waals surface area contributed by atoms with E-state index in [1.807, 2.05) is 0 Å². The van der Waals surface area contributed by atoms with E-state index in [0.29, 0.717) is 6.42 Å². The minimum atomic E-state index is 0. The molecule has 2 heterocycles. The Kier molecular flexibility index (Phi) is 9.90. The third kappa shape index (κ3) is 5.73. The number of amides is 1. The average Bonchev–Trinajstić information content (AvgIpc) is 3.21. The standard InChI is InChI=1S/C17H31N3O2.2ClH/c21-16(19-8-4-15-3-7-18-14-15)13-17(5-1-2-6-17)20-9-11-22-12-10-20;;/h15,18H,1-14H2,(H,19,21);2*1H. The van der Waals surface area contributed by atoms with E-state index in [1.54, 1.807) is 0 Å². The minimum absolute atomic E-state index is 0. The van der Waals surface area contributed by atoms with Crippen LogP contribution in [-0.2, 0) is 9.53 Å². The Balaban J connectivity index is 0.00000144. The second-order valence-electron chi connectivity index (χ2n) is 7.21. The summed E-state index contributed by atoms with van der Waals surface area (Å²) in [5, 5.41) is 6.56. The van der Waals surface area contributed by atoms with Crippen molar-refractivity contribution < 1.29 is 9.53 Å². The molecule has 0 aromatic carbocycles. The molecule has 3 rings (SSSR count). The fourth-order valence-corrected chi connectivity index (χ4v) is 4.41. The molecule has 0 spiro atoms. The maximum absolute atomic E-state index is 12.4. The zero-order chi connectivity index (χ0) is 15.3. The van der Waals surface area contributed by atoms with E-state index in [-0.39, 0.29) is 36.3 Å². The third-order valence-electron chi connectivity index (χ3n) is 5.74. The lowest BCUT2D eigenvalue weighted by molar-refractivity contribution is -0.125. The van der Waals surface area contributed by atoms with E-state index in [9.17, 15) is 4.79 Å². The number of morpholine rings is 1. The predicted octanol–water partition coefficient (Wildman–Crippen LogP) is 1.98. The smallest absolute Gasteiger partial charge is 0.221 e. The van der Waals surface area contributed by atoms with Crippen molar-refractivity contribution in [2.24, 2.45) is 5.92 Å². The quantitative estimate of drug-likeness (QED) is 0.738. The van der Waals surface area contributed by atoms with Gasteiger partial charge in [-0.15, -0.1) is 24.8 Å². The van der Waals surface area contributed by atoms with E-state index in [0.717, 1.165) is 58.3 Å². The third-order valence-corrected chi connectivity index (χ3v) is 5.74. The van der Waals surface area contributed by atoms with Crippen LogP contribution < -0.4 is 10.6 Å². The molecule has 0 aromatic rings. The van der Waals surface area contributed by atoms with Gasteiger partial charge in [0.1, 0.15) is 0 Å². The van der Waals surface area contributed by atoms with Gasteiger partial charge in [-0.3, -0.25) is 9.69 Å². The molecule has 24 heavy (non-hydrogen) atoms. The first-order valence-corrected chi connectivity index (χ1v) is 9.09. The first-order chi connectivity index (χ1) is 10.8. The number of hydrogen-bond acceptors (Lipinski definition) is 4. The van der Waals surface area contributed by atoms with Gasteiger partial charge in [0, 0.05) is 31.6 Å². The zero-order valence-electron chi connectivity index (χ0n) is 14.6. The van der Waals surface area contributed by atoms with Crippen LogP contribution in [0.1, 0.15) is 44.9 Å². The van der Waals surface area contributed by atoms with Crippen LogP contribution in [0.2, 0.25) is 0 Å². The van der Waals surface area contributed by atoms with Crippen LogP contribution in [0.3, 0.4) is 0 Å². The monoisotopic (exact) mass is 381 g/mol. The Labute approximate surface area is 158 Å². The molecule has 2 saturated heterocycles. The number of rotatable bonds is 6. The van der Waals surface area contributed by atoms with Gasteiger partial charge in [-0.2, -0.15) is 0 Å². The maximum Gasteiger partial charge on any atom is 0.221 e. The van der Waals surface area contributed by atoms with Crippen molar-refractivity contribution in [3.05, 3.63) is 0 Å². The number of carbonyl (C=O) groups excluding carboxylic acids is 1. The van der Waals surface area contributed by atoms with E-state index in [2.05, 4.69) is 15.5 Å². The second kappa shape index (κ2) is 10.8. The highest BCUT2D eigenvalue weighted by atomic mass is 35.5. The molecule has 3 fully saturated rings. The lowest BCUT2D eigenvalue weighted by Gasteiger charge is -2.43. The van der Waals surface area contributed by atoms with Crippen molar-refractivity contribution in [3.8, 4) is 0 Å². The Bertz CT molecular complexity index is 367. The molecular weight excluding hydrogens is 349 g/mol. The highest BCUT2D eigenvalue weighted by Gasteiger charge is 2.41. The van der Waals surface area contributed by atoms with Gasteiger partial charge in [0.05, 0.1) is 13.2 Å². The molecular formula is C17H33Cl2N3O2. The van der Waals surface area contributed by atoms with Gasteiger partial charge in [0.15, 0.2) is 0 Å². The van der Waals surface area contributed by atoms with Gasteiger partial charge in [-0.25, -0.2) is 0 Å². The number of nitrogens with zero attached hydrogens (tertiary/aromatic N) is 1. The molecule has 1 unspecified atom stereocenters. The summed E-state index contributed by atoms with van der Waals surface area (Å²) in [4.78, 5) is 15.0. The lowest BCUT2D eigenvalue weighted by atomic mass is 9.90. The SMILES string of the molecule is Cl.Cl.O=C(CC1(N2CCOCC2)CCCC1)NCCC1CCNC1. The largest absolute Gasteiger partial charge is 0.379 e. The van der Waals surface area contributed by atoms with Crippen molar-refractivity contribution in [2.45, 2.75) is 50.5 Å². The fraction of sp³-hybridized carbons (Fsp3) is 0.941. The van der Waals surface area contributed by atoms with Crippen LogP contribution in [0, 0.1) is 5.92 Å². The van der Waals surface area contributed by atoms with Crippen molar-refractivity contribution in [3.63, 3.8) is 0 Å².